The van der Waals surface area contributed by atoms with Crippen molar-refractivity contribution in [3.8, 4) is 34.4 Å². The van der Waals surface area contributed by atoms with Crippen LogP contribution in [0.25, 0.3) is 61.1 Å². The van der Waals surface area contributed by atoms with Crippen LogP contribution in [0.1, 0.15) is 84.6 Å². The summed E-state index contributed by atoms with van der Waals surface area (Å²) in [5.74, 6) is 3.55. The van der Waals surface area contributed by atoms with Crippen molar-refractivity contribution < 1.29 is 18.9 Å². The number of aromatic nitrogens is 2. The van der Waals surface area contributed by atoms with E-state index in [0.717, 1.165) is 152 Å². The summed E-state index contributed by atoms with van der Waals surface area (Å²) in [4.78, 5) is 2.32. The minimum absolute atomic E-state index is 0.703. The van der Waals surface area contributed by atoms with E-state index in [2.05, 4.69) is 194 Å². The van der Waals surface area contributed by atoms with Crippen LogP contribution in [0.4, 0.5) is 17.1 Å². The number of hydrogen-bond donors (Lipinski definition) is 0. The predicted octanol–water partition coefficient (Wildman–Crippen LogP) is 16.7. The van der Waals surface area contributed by atoms with E-state index in [1.807, 2.05) is 6.08 Å². The lowest BCUT2D eigenvalue weighted by molar-refractivity contribution is 0.309. The quantitative estimate of drug-likeness (QED) is 0.0635. The van der Waals surface area contributed by atoms with Crippen LogP contribution in [-0.4, -0.2) is 35.6 Å². The minimum atomic E-state index is 0.703. The van der Waals surface area contributed by atoms with Gasteiger partial charge in [-0.1, -0.05) is 78.2 Å². The zero-order valence-electron chi connectivity index (χ0n) is 39.6. The van der Waals surface area contributed by atoms with E-state index in [9.17, 15) is 0 Å². The zero-order chi connectivity index (χ0) is 46.1. The van der Waals surface area contributed by atoms with Gasteiger partial charge in [-0.05, 0) is 165 Å². The molecule has 9 aromatic rings. The maximum Gasteiger partial charge on any atom is 0.120 e. The van der Waals surface area contributed by atoms with Gasteiger partial charge in [-0.2, -0.15) is 0 Å². The molecule has 7 heteroatoms. The molecule has 342 valence electrons. The van der Waals surface area contributed by atoms with Crippen molar-refractivity contribution >= 4 is 66.7 Å². The molecule has 0 unspecified atom stereocenters. The summed E-state index contributed by atoms with van der Waals surface area (Å²) < 4.78 is 29.5. The number of benzene rings is 7. The molecule has 9 rings (SSSR count). The molecular weight excluding hydrogens is 827 g/mol. The van der Waals surface area contributed by atoms with E-state index in [1.165, 1.54) is 0 Å². The first-order chi connectivity index (χ1) is 33.0. The molecule has 0 aliphatic heterocycles. The molecule has 0 N–H and O–H groups in total. The Bertz CT molecular complexity index is 2770. The smallest absolute Gasteiger partial charge is 0.120 e. The normalized spacial score (nSPS) is 11.5. The number of rotatable bonds is 22. The van der Waals surface area contributed by atoms with Crippen molar-refractivity contribution in [2.24, 2.45) is 0 Å². The van der Waals surface area contributed by atoms with Crippen LogP contribution in [0.3, 0.4) is 0 Å². The van der Waals surface area contributed by atoms with Crippen molar-refractivity contribution in [2.45, 2.75) is 79.1 Å². The number of hydrogen-bond acceptors (Lipinski definition) is 5. The highest BCUT2D eigenvalue weighted by atomic mass is 16.5. The van der Waals surface area contributed by atoms with E-state index in [0.29, 0.717) is 26.4 Å². The fourth-order valence-corrected chi connectivity index (χ4v) is 8.92. The Hall–Kier alpha value is -7.12. The first kappa shape index (κ1) is 45.1. The Balaban J connectivity index is 1.10. The lowest BCUT2D eigenvalue weighted by Crippen LogP contribution is -2.10. The van der Waals surface area contributed by atoms with Gasteiger partial charge >= 0.3 is 0 Å². The van der Waals surface area contributed by atoms with Crippen molar-refractivity contribution in [3.05, 3.63) is 158 Å². The molecule has 67 heavy (non-hydrogen) atoms. The maximum absolute atomic E-state index is 6.21. The molecule has 0 aliphatic rings. The van der Waals surface area contributed by atoms with Gasteiger partial charge in [0.05, 0.1) is 48.5 Å². The molecule has 0 spiro atoms. The molecule has 7 aromatic carbocycles. The summed E-state index contributed by atoms with van der Waals surface area (Å²) in [6.45, 7) is 15.6. The van der Waals surface area contributed by atoms with Crippen LogP contribution in [0.5, 0.6) is 23.0 Å². The van der Waals surface area contributed by atoms with Gasteiger partial charge in [-0.15, -0.1) is 0 Å². The molecule has 7 nitrogen and oxygen atoms in total. The second-order valence-electron chi connectivity index (χ2n) is 17.4. The highest BCUT2D eigenvalue weighted by Gasteiger charge is 2.19. The Labute approximate surface area is 395 Å². The third kappa shape index (κ3) is 9.60. The van der Waals surface area contributed by atoms with Crippen LogP contribution in [0.15, 0.2) is 152 Å². The summed E-state index contributed by atoms with van der Waals surface area (Å²) in [6, 6.07) is 52.3. The van der Waals surface area contributed by atoms with Gasteiger partial charge in [-0.25, -0.2) is 0 Å². The summed E-state index contributed by atoms with van der Waals surface area (Å²) >= 11 is 0. The lowest BCUT2D eigenvalue weighted by Gasteiger charge is -2.26. The zero-order valence-corrected chi connectivity index (χ0v) is 39.6. The maximum atomic E-state index is 6.21. The third-order valence-corrected chi connectivity index (χ3v) is 12.6. The molecular formula is C60H63N3O4. The number of fused-ring (bicyclic) bond motifs is 6. The largest absolute Gasteiger partial charge is 0.494 e. The topological polar surface area (TPSA) is 50.0 Å². The molecule has 0 saturated heterocycles. The minimum Gasteiger partial charge on any atom is -0.494 e. The van der Waals surface area contributed by atoms with Gasteiger partial charge in [0.15, 0.2) is 0 Å². The summed E-state index contributed by atoms with van der Waals surface area (Å²) in [6.07, 6.45) is 10.3. The predicted molar refractivity (Wildman–Crippen MR) is 282 cm³/mol. The fourth-order valence-electron chi connectivity index (χ4n) is 8.92. The highest BCUT2D eigenvalue weighted by molar-refractivity contribution is 6.11. The molecule has 0 fully saturated rings. The number of anilines is 3. The Morgan fingerprint density at radius 1 is 0.388 bits per heavy atom. The second-order valence-corrected chi connectivity index (χ2v) is 17.4. The molecule has 0 amide bonds. The molecule has 0 aliphatic carbocycles. The summed E-state index contributed by atoms with van der Waals surface area (Å²) in [7, 11) is 0. The van der Waals surface area contributed by atoms with Gasteiger partial charge in [0.1, 0.15) is 23.0 Å². The van der Waals surface area contributed by atoms with E-state index in [-0.39, 0.29) is 0 Å². The van der Waals surface area contributed by atoms with Gasteiger partial charge in [0.25, 0.3) is 0 Å². The van der Waals surface area contributed by atoms with Crippen LogP contribution >= 0.6 is 0 Å². The SMILES string of the molecule is C=Cc1ccc(N(c2ccc(-n3c4ccc(OCCCC)cc4c4cc(OCCCC)ccc43)cc2)c2ccc(-n3c4ccc(OCCCC)cc4c4cc(OCCCC)ccc43)cc2)cc1. The van der Waals surface area contributed by atoms with Crippen molar-refractivity contribution in [1.82, 2.24) is 9.13 Å². The van der Waals surface area contributed by atoms with E-state index in [1.54, 1.807) is 0 Å². The number of ether oxygens (including phenoxy) is 4. The molecule has 0 radical (unpaired) electrons. The first-order valence-corrected chi connectivity index (χ1v) is 24.4. The van der Waals surface area contributed by atoms with Crippen LogP contribution < -0.4 is 23.8 Å². The highest BCUT2D eigenvalue weighted by Crippen LogP contribution is 2.41. The fraction of sp³-hybridized carbons (Fsp3) is 0.267. The summed E-state index contributed by atoms with van der Waals surface area (Å²) in [5.41, 5.74) is 10.8. The van der Waals surface area contributed by atoms with Crippen molar-refractivity contribution in [2.75, 3.05) is 31.3 Å². The van der Waals surface area contributed by atoms with Gasteiger partial charge in [0, 0.05) is 50.0 Å². The Morgan fingerprint density at radius 2 is 0.672 bits per heavy atom. The Morgan fingerprint density at radius 3 is 0.940 bits per heavy atom. The second kappa shape index (κ2) is 21.0. The van der Waals surface area contributed by atoms with E-state index >= 15 is 0 Å². The standard InChI is InChI=1S/C60H63N3O4/c1-6-11-35-64-49-27-31-57-53(39-49)54-40-50(65-36-12-7-2)28-32-58(54)62(57)47-23-19-45(20-24-47)61(44-17-15-43(10-5)16-18-44)46-21-25-48(26-22-46)63-59-33-29-51(66-37-13-8-3)41-55(59)56-42-52(30-34-60(56)63)67-38-14-9-4/h10,15-34,39-42H,5-9,11-14,35-38H2,1-4H3. The molecule has 0 atom stereocenters. The lowest BCUT2D eigenvalue weighted by atomic mass is 10.1. The summed E-state index contributed by atoms with van der Waals surface area (Å²) in [5, 5.41) is 4.57. The number of unbranched alkanes of at least 4 members (excludes halogenated alkanes) is 4. The third-order valence-electron chi connectivity index (χ3n) is 12.6. The van der Waals surface area contributed by atoms with Crippen LogP contribution in [-0.2, 0) is 0 Å². The first-order valence-electron chi connectivity index (χ1n) is 24.4. The monoisotopic (exact) mass is 889 g/mol. The molecule has 2 aromatic heterocycles. The van der Waals surface area contributed by atoms with E-state index in [4.69, 9.17) is 18.9 Å². The van der Waals surface area contributed by atoms with Gasteiger partial charge in [0.2, 0.25) is 0 Å². The number of nitrogens with zero attached hydrogens (tertiary/aromatic N) is 3. The molecule has 0 bridgehead atoms. The average Bonchev–Trinajstić information content (AvgIpc) is 3.86. The van der Waals surface area contributed by atoms with Crippen LogP contribution in [0, 0.1) is 0 Å². The van der Waals surface area contributed by atoms with Crippen molar-refractivity contribution in [3.63, 3.8) is 0 Å². The Kier molecular flexibility index (Phi) is 14.1. The van der Waals surface area contributed by atoms with Crippen molar-refractivity contribution in [1.29, 1.82) is 0 Å². The average molecular weight is 890 g/mol. The molecule has 2 heterocycles. The molecule has 0 saturated carbocycles. The van der Waals surface area contributed by atoms with Gasteiger partial charge < -0.3 is 33.0 Å². The van der Waals surface area contributed by atoms with E-state index < -0.39 is 0 Å². The van der Waals surface area contributed by atoms with Gasteiger partial charge in [-0.3, -0.25) is 0 Å². The van der Waals surface area contributed by atoms with Crippen LogP contribution in [0.2, 0.25) is 0 Å².